The number of halogens is 1. The van der Waals surface area contributed by atoms with E-state index in [9.17, 15) is 19.1 Å². The van der Waals surface area contributed by atoms with Crippen molar-refractivity contribution < 1.29 is 23.8 Å². The van der Waals surface area contributed by atoms with Crippen molar-refractivity contribution in [1.29, 1.82) is 0 Å². The van der Waals surface area contributed by atoms with Gasteiger partial charge in [0.2, 0.25) is 0 Å². The Hall–Kier alpha value is -3.67. The molecule has 0 spiro atoms. The van der Waals surface area contributed by atoms with Gasteiger partial charge in [0, 0.05) is 12.0 Å². The fourth-order valence-electron chi connectivity index (χ4n) is 4.31. The highest BCUT2D eigenvalue weighted by Crippen LogP contribution is 2.26. The average Bonchev–Trinajstić information content (AvgIpc) is 2.80. The van der Waals surface area contributed by atoms with Crippen LogP contribution in [0.15, 0.2) is 60.7 Å². The quantitative estimate of drug-likeness (QED) is 0.319. The van der Waals surface area contributed by atoms with Crippen molar-refractivity contribution >= 4 is 11.9 Å². The molecule has 1 amide bonds. The first kappa shape index (κ1) is 26.9. The Morgan fingerprint density at radius 1 is 1.00 bits per heavy atom. The van der Waals surface area contributed by atoms with E-state index in [1.54, 1.807) is 30.3 Å². The van der Waals surface area contributed by atoms with Crippen LogP contribution in [0.1, 0.15) is 70.9 Å². The van der Waals surface area contributed by atoms with Gasteiger partial charge in [0.1, 0.15) is 18.2 Å². The van der Waals surface area contributed by atoms with Crippen LogP contribution in [0.3, 0.4) is 0 Å². The molecular formula is C30H34FNO4. The first-order chi connectivity index (χ1) is 17.1. The highest BCUT2D eigenvalue weighted by atomic mass is 19.1. The minimum Gasteiger partial charge on any atom is -0.489 e. The van der Waals surface area contributed by atoms with Crippen LogP contribution in [0.5, 0.6) is 5.75 Å². The average molecular weight is 492 g/mol. The third kappa shape index (κ3) is 7.94. The van der Waals surface area contributed by atoms with Crippen LogP contribution in [0.2, 0.25) is 0 Å². The molecule has 3 rings (SSSR count). The number of aryl methyl sites for hydroxylation is 3. The molecule has 0 saturated heterocycles. The zero-order valence-corrected chi connectivity index (χ0v) is 21.3. The number of hydrogen-bond donors (Lipinski definition) is 2. The van der Waals surface area contributed by atoms with Gasteiger partial charge in [-0.3, -0.25) is 9.59 Å². The van der Waals surface area contributed by atoms with E-state index in [-0.39, 0.29) is 37.2 Å². The lowest BCUT2D eigenvalue weighted by Gasteiger charge is -2.23. The summed E-state index contributed by atoms with van der Waals surface area (Å²) in [6, 6.07) is 17.3. The maximum atomic E-state index is 13.6. The number of amides is 1. The monoisotopic (exact) mass is 491 g/mol. The second-order valence-electron chi connectivity index (χ2n) is 9.71. The predicted molar refractivity (Wildman–Crippen MR) is 139 cm³/mol. The summed E-state index contributed by atoms with van der Waals surface area (Å²) in [6.45, 7) is 8.44. The van der Waals surface area contributed by atoms with Gasteiger partial charge in [-0.05, 0) is 73.6 Å². The summed E-state index contributed by atoms with van der Waals surface area (Å²) in [7, 11) is 0. The zero-order valence-electron chi connectivity index (χ0n) is 21.3. The number of carbonyl (C=O) groups is 2. The predicted octanol–water partition coefficient (Wildman–Crippen LogP) is 6.56. The molecule has 0 saturated carbocycles. The molecule has 0 bridgehead atoms. The molecule has 5 nitrogen and oxygen atoms in total. The normalized spacial score (nSPS) is 11.8. The van der Waals surface area contributed by atoms with Crippen molar-refractivity contribution in [2.75, 3.05) is 0 Å². The lowest BCUT2D eigenvalue weighted by Crippen LogP contribution is -2.30. The topological polar surface area (TPSA) is 75.6 Å². The number of carboxylic acid groups (broad SMARTS) is 1. The van der Waals surface area contributed by atoms with Crippen LogP contribution in [0, 0.1) is 25.6 Å². The summed E-state index contributed by atoms with van der Waals surface area (Å²) in [5, 5.41) is 12.4. The first-order valence-corrected chi connectivity index (χ1v) is 12.2. The molecule has 2 N–H and O–H groups in total. The van der Waals surface area contributed by atoms with Gasteiger partial charge in [0.15, 0.2) is 0 Å². The molecule has 3 aromatic carbocycles. The summed E-state index contributed by atoms with van der Waals surface area (Å²) < 4.78 is 19.4. The molecule has 0 aliphatic rings. The first-order valence-electron chi connectivity index (χ1n) is 12.2. The third-order valence-corrected chi connectivity index (χ3v) is 5.89. The van der Waals surface area contributed by atoms with Gasteiger partial charge >= 0.3 is 5.97 Å². The Morgan fingerprint density at radius 3 is 2.36 bits per heavy atom. The summed E-state index contributed by atoms with van der Waals surface area (Å²) in [5.41, 5.74) is 4.98. The summed E-state index contributed by atoms with van der Waals surface area (Å²) in [4.78, 5) is 24.8. The van der Waals surface area contributed by atoms with Gasteiger partial charge in [0.05, 0.1) is 6.04 Å². The van der Waals surface area contributed by atoms with Gasteiger partial charge in [-0.15, -0.1) is 0 Å². The van der Waals surface area contributed by atoms with Gasteiger partial charge in [-0.2, -0.15) is 0 Å². The standard InChI is InChI=1S/C30H34FNO4/c1-19(2)12-28(24-14-20(3)13-21(4)15-24)32-30(35)27-17-26(10-8-23(27)9-11-29(33)34)36-18-22-6-5-7-25(31)16-22/h5-8,10,13-17,19,28H,9,11-12,18H2,1-4H3,(H,32,35)(H,33,34). The van der Waals surface area contributed by atoms with E-state index >= 15 is 0 Å². The fourth-order valence-corrected chi connectivity index (χ4v) is 4.31. The molecule has 6 heteroatoms. The molecule has 190 valence electrons. The van der Waals surface area contributed by atoms with Crippen LogP contribution >= 0.6 is 0 Å². The van der Waals surface area contributed by atoms with Crippen LogP contribution in [0.25, 0.3) is 0 Å². The van der Waals surface area contributed by atoms with E-state index in [1.165, 1.54) is 12.1 Å². The molecule has 0 aromatic heterocycles. The Labute approximate surface area is 212 Å². The molecule has 0 heterocycles. The van der Waals surface area contributed by atoms with Crippen molar-refractivity contribution in [2.45, 2.75) is 59.6 Å². The van der Waals surface area contributed by atoms with Crippen LogP contribution in [-0.2, 0) is 17.8 Å². The fraction of sp³-hybridized carbons (Fsp3) is 0.333. The van der Waals surface area contributed by atoms with E-state index in [0.29, 0.717) is 28.4 Å². The lowest BCUT2D eigenvalue weighted by atomic mass is 9.93. The van der Waals surface area contributed by atoms with Crippen molar-refractivity contribution in [2.24, 2.45) is 5.92 Å². The highest BCUT2D eigenvalue weighted by Gasteiger charge is 2.21. The summed E-state index contributed by atoms with van der Waals surface area (Å²) >= 11 is 0. The zero-order chi connectivity index (χ0) is 26.2. The van der Waals surface area contributed by atoms with Crippen LogP contribution < -0.4 is 10.1 Å². The number of ether oxygens (including phenoxy) is 1. The number of nitrogens with one attached hydrogen (secondary N) is 1. The van der Waals surface area contributed by atoms with Crippen LogP contribution in [0.4, 0.5) is 4.39 Å². The third-order valence-electron chi connectivity index (χ3n) is 5.89. The molecule has 0 fully saturated rings. The lowest BCUT2D eigenvalue weighted by molar-refractivity contribution is -0.136. The minimum atomic E-state index is -0.930. The van der Waals surface area contributed by atoms with Gasteiger partial charge in [-0.1, -0.05) is 61.4 Å². The van der Waals surface area contributed by atoms with E-state index in [1.807, 2.05) is 13.8 Å². The Morgan fingerprint density at radius 2 is 1.72 bits per heavy atom. The number of hydrogen-bond acceptors (Lipinski definition) is 3. The highest BCUT2D eigenvalue weighted by molar-refractivity contribution is 5.96. The van der Waals surface area contributed by atoms with Crippen LogP contribution in [-0.4, -0.2) is 17.0 Å². The number of carbonyl (C=O) groups excluding carboxylic acids is 1. The number of benzene rings is 3. The van der Waals surface area contributed by atoms with E-state index in [2.05, 4.69) is 37.4 Å². The second kappa shape index (κ2) is 12.3. The van der Waals surface area contributed by atoms with Gasteiger partial charge < -0.3 is 15.2 Å². The maximum absolute atomic E-state index is 13.6. The van der Waals surface area contributed by atoms with Gasteiger partial charge in [0.25, 0.3) is 5.91 Å². The molecule has 3 aromatic rings. The SMILES string of the molecule is Cc1cc(C)cc(C(CC(C)C)NC(=O)c2cc(OCc3cccc(F)c3)ccc2CCC(=O)O)c1. The number of aliphatic carboxylic acids is 1. The van der Waals surface area contributed by atoms with Gasteiger partial charge in [-0.25, -0.2) is 4.39 Å². The largest absolute Gasteiger partial charge is 0.489 e. The Balaban J connectivity index is 1.88. The molecule has 0 radical (unpaired) electrons. The second-order valence-corrected chi connectivity index (χ2v) is 9.71. The molecule has 0 aliphatic heterocycles. The molecular weight excluding hydrogens is 457 g/mol. The van der Waals surface area contributed by atoms with Crippen molar-refractivity contribution in [3.05, 3.63) is 99.9 Å². The molecule has 1 unspecified atom stereocenters. The molecule has 0 aliphatic carbocycles. The van der Waals surface area contributed by atoms with E-state index in [0.717, 1.165) is 23.1 Å². The van der Waals surface area contributed by atoms with Crippen molar-refractivity contribution in [3.63, 3.8) is 0 Å². The summed E-state index contributed by atoms with van der Waals surface area (Å²) in [6.07, 6.45) is 0.895. The summed E-state index contributed by atoms with van der Waals surface area (Å²) in [5.74, 6) is -0.751. The van der Waals surface area contributed by atoms with Crippen molar-refractivity contribution in [1.82, 2.24) is 5.32 Å². The minimum absolute atomic E-state index is 0.0870. The number of carboxylic acids is 1. The molecule has 1 atom stereocenters. The maximum Gasteiger partial charge on any atom is 0.303 e. The van der Waals surface area contributed by atoms with E-state index in [4.69, 9.17) is 4.74 Å². The Kier molecular flexibility index (Phi) is 9.23. The number of rotatable bonds is 11. The molecule has 36 heavy (non-hydrogen) atoms. The van der Waals surface area contributed by atoms with Crippen molar-refractivity contribution in [3.8, 4) is 5.75 Å². The Bertz CT molecular complexity index is 1200. The van der Waals surface area contributed by atoms with E-state index < -0.39 is 5.97 Å². The smallest absolute Gasteiger partial charge is 0.303 e.